The topological polar surface area (TPSA) is 81.5 Å². The maximum atomic E-state index is 11.5. The van der Waals surface area contributed by atoms with Gasteiger partial charge in [0.1, 0.15) is 12.6 Å². The van der Waals surface area contributed by atoms with Crippen molar-refractivity contribution in [2.24, 2.45) is 0 Å². The summed E-state index contributed by atoms with van der Waals surface area (Å²) in [5.41, 5.74) is 6.69. The van der Waals surface area contributed by atoms with E-state index in [1.807, 2.05) is 4.52 Å². The Hall–Kier alpha value is -2.26. The predicted octanol–water partition coefficient (Wildman–Crippen LogP) is 4.58. The molecular formula is C25H32N6OS. The number of H-pyrrole nitrogens is 1. The molecule has 0 spiro atoms. The Morgan fingerprint density at radius 3 is 2.64 bits per heavy atom. The first-order chi connectivity index (χ1) is 16.0. The first-order valence-electron chi connectivity index (χ1n) is 12.1. The third-order valence-electron chi connectivity index (χ3n) is 7.19. The number of nitrogens with zero attached hydrogens (tertiary/aromatic N) is 4. The van der Waals surface area contributed by atoms with Crippen molar-refractivity contribution < 1.29 is 5.11 Å². The fraction of sp³-hybridized carbons (Fsp3) is 0.520. The van der Waals surface area contributed by atoms with Crippen molar-refractivity contribution in [1.82, 2.24) is 29.8 Å². The van der Waals surface area contributed by atoms with Crippen molar-refractivity contribution in [3.63, 3.8) is 0 Å². The van der Waals surface area contributed by atoms with Crippen LogP contribution >= 0.6 is 11.3 Å². The van der Waals surface area contributed by atoms with Crippen LogP contribution in [0.1, 0.15) is 67.7 Å². The third-order valence-corrected chi connectivity index (χ3v) is 8.39. The maximum absolute atomic E-state index is 11.5. The van der Waals surface area contributed by atoms with Gasteiger partial charge in [0.05, 0.1) is 20.8 Å². The molecule has 1 saturated heterocycles. The summed E-state index contributed by atoms with van der Waals surface area (Å²) < 4.78 is 3.11. The van der Waals surface area contributed by atoms with Gasteiger partial charge >= 0.3 is 0 Å². The zero-order chi connectivity index (χ0) is 22.7. The molecule has 1 aliphatic carbocycles. The van der Waals surface area contributed by atoms with Crippen LogP contribution < -0.4 is 5.32 Å². The molecule has 0 amide bonds. The van der Waals surface area contributed by atoms with Gasteiger partial charge in [0.15, 0.2) is 5.65 Å². The van der Waals surface area contributed by atoms with E-state index >= 15 is 0 Å². The van der Waals surface area contributed by atoms with E-state index in [1.165, 1.54) is 23.1 Å². The number of piperidine rings is 1. The van der Waals surface area contributed by atoms with Crippen molar-refractivity contribution in [2.45, 2.75) is 70.7 Å². The highest BCUT2D eigenvalue weighted by Gasteiger charge is 2.39. The summed E-state index contributed by atoms with van der Waals surface area (Å²) in [5.74, 6) is 0.355. The van der Waals surface area contributed by atoms with Gasteiger partial charge in [0.25, 0.3) is 0 Å². The Morgan fingerprint density at radius 2 is 1.91 bits per heavy atom. The van der Waals surface area contributed by atoms with Gasteiger partial charge in [-0.05, 0) is 74.9 Å². The van der Waals surface area contributed by atoms with Crippen LogP contribution in [0.4, 0.5) is 0 Å². The van der Waals surface area contributed by atoms with Crippen LogP contribution in [0.25, 0.3) is 27.1 Å². The molecule has 0 aromatic carbocycles. The number of aryl methyl sites for hydroxylation is 1. The molecule has 1 unspecified atom stereocenters. The van der Waals surface area contributed by atoms with Crippen molar-refractivity contribution in [1.29, 1.82) is 0 Å². The number of aromatic nitrogens is 4. The molecular weight excluding hydrogens is 432 g/mol. The van der Waals surface area contributed by atoms with E-state index in [4.69, 9.17) is 0 Å². The number of pyridine rings is 1. The second-order valence-corrected chi connectivity index (χ2v) is 11.0. The first-order valence-corrected chi connectivity index (χ1v) is 12.9. The molecule has 0 bridgehead atoms. The number of rotatable bonds is 6. The zero-order valence-electron chi connectivity index (χ0n) is 19.5. The van der Waals surface area contributed by atoms with Crippen molar-refractivity contribution >= 4 is 27.2 Å². The average Bonchev–Trinajstić information content (AvgIpc) is 3.20. The summed E-state index contributed by atoms with van der Waals surface area (Å²) in [6.45, 7) is 8.66. The van der Waals surface area contributed by atoms with Gasteiger partial charge in [0, 0.05) is 23.8 Å². The monoisotopic (exact) mass is 464 g/mol. The lowest BCUT2D eigenvalue weighted by molar-refractivity contribution is -0.0393. The average molecular weight is 465 g/mol. The highest BCUT2D eigenvalue weighted by Crippen LogP contribution is 2.44. The molecule has 4 aromatic rings. The van der Waals surface area contributed by atoms with Crippen LogP contribution in [-0.4, -0.2) is 54.8 Å². The molecule has 1 aliphatic heterocycles. The molecule has 5 heterocycles. The number of nitrogens with one attached hydrogen (secondary N) is 2. The van der Waals surface area contributed by atoms with Gasteiger partial charge in [-0.2, -0.15) is 5.10 Å². The maximum Gasteiger partial charge on any atom is 0.158 e. The molecule has 7 nitrogen and oxygen atoms in total. The lowest BCUT2D eigenvalue weighted by Gasteiger charge is -2.37. The number of fused-ring (bicyclic) bond motifs is 2. The number of aliphatic hydroxyl groups is 1. The van der Waals surface area contributed by atoms with Crippen LogP contribution in [0.5, 0.6) is 0 Å². The summed E-state index contributed by atoms with van der Waals surface area (Å²) in [4.78, 5) is 11.5. The van der Waals surface area contributed by atoms with Gasteiger partial charge in [-0.1, -0.05) is 13.8 Å². The fourth-order valence-corrected chi connectivity index (χ4v) is 6.78. The quantitative estimate of drug-likeness (QED) is 0.364. The second kappa shape index (κ2) is 8.20. The molecule has 1 saturated carbocycles. The molecule has 8 heteroatoms. The minimum absolute atomic E-state index is 0.355. The van der Waals surface area contributed by atoms with Gasteiger partial charge in [-0.15, -0.1) is 11.3 Å². The summed E-state index contributed by atoms with van der Waals surface area (Å²) in [6.07, 6.45) is 7.77. The van der Waals surface area contributed by atoms with Crippen molar-refractivity contribution in [3.05, 3.63) is 40.7 Å². The molecule has 2 aliphatic rings. The van der Waals surface area contributed by atoms with Crippen LogP contribution in [0.15, 0.2) is 24.7 Å². The summed E-state index contributed by atoms with van der Waals surface area (Å²) in [5, 5.41) is 19.3. The van der Waals surface area contributed by atoms with E-state index in [1.54, 1.807) is 17.7 Å². The van der Waals surface area contributed by atoms with Crippen molar-refractivity contribution in [3.8, 4) is 11.3 Å². The fourth-order valence-electron chi connectivity index (χ4n) is 5.48. The van der Waals surface area contributed by atoms with Crippen molar-refractivity contribution in [2.75, 3.05) is 13.1 Å². The minimum Gasteiger partial charge on any atom is -0.373 e. The molecule has 3 N–H and O–H groups in total. The normalized spacial score (nSPS) is 18.8. The molecule has 2 fully saturated rings. The molecule has 4 aromatic heterocycles. The third kappa shape index (κ3) is 3.69. The number of aliphatic hydroxyl groups excluding tert-OH is 1. The minimum atomic E-state index is -0.524. The van der Waals surface area contributed by atoms with Gasteiger partial charge in [0.2, 0.25) is 0 Å². The first kappa shape index (κ1) is 21.3. The van der Waals surface area contributed by atoms with E-state index < -0.39 is 6.23 Å². The highest BCUT2D eigenvalue weighted by molar-refractivity contribution is 7.19. The Bertz CT molecular complexity index is 1290. The second-order valence-electron chi connectivity index (χ2n) is 9.93. The number of hydrogen-bond acceptors (Lipinski definition) is 6. The lowest BCUT2D eigenvalue weighted by atomic mass is 9.99. The molecule has 0 radical (unpaired) electrons. The van der Waals surface area contributed by atoms with Crippen LogP contribution in [0.2, 0.25) is 0 Å². The van der Waals surface area contributed by atoms with E-state index in [9.17, 15) is 5.11 Å². The predicted molar refractivity (Wildman–Crippen MR) is 133 cm³/mol. The molecule has 174 valence electrons. The van der Waals surface area contributed by atoms with E-state index in [-0.39, 0.29) is 0 Å². The smallest absolute Gasteiger partial charge is 0.158 e. The number of hydrogen-bond donors (Lipinski definition) is 3. The summed E-state index contributed by atoms with van der Waals surface area (Å²) >= 11 is 1.75. The standard InChI is InChI=1S/C25H32N6OS/c1-14(2)21-22(16-10-15(3)24-27-13-28-30(24)12-16)29-19-11-20(33-23(19)21)25(32)31(17-4-5-17)18-6-8-26-9-7-18/h10-14,17-18,25-26,29,32H,4-9H2,1-3H3. The Kier molecular flexibility index (Phi) is 5.29. The molecule has 33 heavy (non-hydrogen) atoms. The molecule has 6 rings (SSSR count). The van der Waals surface area contributed by atoms with Crippen LogP contribution in [-0.2, 0) is 0 Å². The van der Waals surface area contributed by atoms with E-state index in [2.05, 4.69) is 64.4 Å². The number of thiophene rings is 1. The Labute approximate surface area is 197 Å². The Morgan fingerprint density at radius 1 is 1.15 bits per heavy atom. The van der Waals surface area contributed by atoms with E-state index in [0.29, 0.717) is 18.0 Å². The van der Waals surface area contributed by atoms with Gasteiger partial charge in [-0.25, -0.2) is 9.50 Å². The van der Waals surface area contributed by atoms with Gasteiger partial charge in [-0.3, -0.25) is 4.90 Å². The zero-order valence-corrected chi connectivity index (χ0v) is 20.3. The number of aromatic amines is 1. The highest BCUT2D eigenvalue weighted by atomic mass is 32.1. The largest absolute Gasteiger partial charge is 0.373 e. The van der Waals surface area contributed by atoms with Gasteiger partial charge < -0.3 is 15.4 Å². The van der Waals surface area contributed by atoms with Crippen LogP contribution in [0.3, 0.4) is 0 Å². The summed E-state index contributed by atoms with van der Waals surface area (Å²) in [6, 6.07) is 5.36. The SMILES string of the molecule is Cc1cc(-c2[nH]c3cc(C(O)N(C4CCNCC4)C4CC4)sc3c2C(C)C)cn2ncnc12. The van der Waals surface area contributed by atoms with Crippen LogP contribution in [0, 0.1) is 6.92 Å². The molecule has 1 atom stereocenters. The summed E-state index contributed by atoms with van der Waals surface area (Å²) in [7, 11) is 0. The van der Waals surface area contributed by atoms with E-state index in [0.717, 1.165) is 58.8 Å². The lowest BCUT2D eigenvalue weighted by Crippen LogP contribution is -2.45. The Balaban J connectivity index is 1.40.